The van der Waals surface area contributed by atoms with E-state index in [9.17, 15) is 14.3 Å². The van der Waals surface area contributed by atoms with Gasteiger partial charge >= 0.3 is 0 Å². The molecule has 142 valence electrons. The molecule has 1 aromatic heterocycles. The Balaban J connectivity index is 0.00000243. The first-order valence-corrected chi connectivity index (χ1v) is 8.47. The number of carbonyl (C=O) groups excluding carboxylic acids is 1. The predicted molar refractivity (Wildman–Crippen MR) is 99.4 cm³/mol. The number of benzene rings is 1. The average Bonchev–Trinajstić information content (AvgIpc) is 2.95. The fourth-order valence-electron chi connectivity index (χ4n) is 3.39. The van der Waals surface area contributed by atoms with Crippen molar-refractivity contribution in [1.29, 1.82) is 0 Å². The van der Waals surface area contributed by atoms with Crippen LogP contribution in [0.15, 0.2) is 24.4 Å². The van der Waals surface area contributed by atoms with E-state index < -0.39 is 0 Å². The lowest BCUT2D eigenvalue weighted by Crippen LogP contribution is -2.49. The van der Waals surface area contributed by atoms with Gasteiger partial charge in [0.2, 0.25) is 0 Å². The smallest absolute Gasteiger partial charge is 0.278 e. The zero-order valence-electron chi connectivity index (χ0n) is 14.9. The molecule has 6 nitrogen and oxygen atoms in total. The van der Waals surface area contributed by atoms with Gasteiger partial charge in [0.25, 0.3) is 5.91 Å². The van der Waals surface area contributed by atoms with Crippen LogP contribution >= 0.6 is 12.4 Å². The summed E-state index contributed by atoms with van der Waals surface area (Å²) >= 11 is 0. The zero-order valence-corrected chi connectivity index (χ0v) is 15.7. The summed E-state index contributed by atoms with van der Waals surface area (Å²) in [6.07, 6.45) is 3.12. The summed E-state index contributed by atoms with van der Waals surface area (Å²) in [5, 5.41) is 14.5. The summed E-state index contributed by atoms with van der Waals surface area (Å²) in [4.78, 5) is 14.6. The zero-order chi connectivity index (χ0) is 18.1. The molecule has 2 unspecified atom stereocenters. The van der Waals surface area contributed by atoms with Crippen molar-refractivity contribution in [2.45, 2.75) is 32.7 Å². The van der Waals surface area contributed by atoms with Gasteiger partial charge in [0.1, 0.15) is 5.82 Å². The molecule has 3 N–H and O–H groups in total. The fraction of sp³-hybridized carbons (Fsp3) is 0.444. The second-order valence-electron chi connectivity index (χ2n) is 6.76. The Morgan fingerprint density at radius 3 is 2.85 bits per heavy atom. The summed E-state index contributed by atoms with van der Waals surface area (Å²) in [5.41, 5.74) is 7.09. The molecular weight excluding hydrogens is 359 g/mol. The third-order valence-electron chi connectivity index (χ3n) is 4.81. The molecule has 0 bridgehead atoms. The van der Waals surface area contributed by atoms with Gasteiger partial charge < -0.3 is 15.7 Å². The van der Waals surface area contributed by atoms with Crippen molar-refractivity contribution in [2.24, 2.45) is 11.7 Å². The molecule has 1 aliphatic rings. The molecule has 1 fully saturated rings. The number of hydrogen-bond donors (Lipinski definition) is 2. The minimum Gasteiger partial charge on any atom is -0.504 e. The van der Waals surface area contributed by atoms with Crippen LogP contribution in [-0.2, 0) is 0 Å². The van der Waals surface area contributed by atoms with Crippen LogP contribution in [0.4, 0.5) is 4.39 Å². The minimum atomic E-state index is -0.345. The standard InChI is InChI=1S/C18H23FN4O2.ClH/c1-11-5-6-22(14(7-11)9-20)18(25)17-16(24)10-23(21-17)15-4-3-13(19)8-12(15)2;/h3-4,8,10-11,14,24H,5-7,9,20H2,1-2H3;1H. The second kappa shape index (κ2) is 8.05. The van der Waals surface area contributed by atoms with E-state index in [2.05, 4.69) is 12.0 Å². The van der Waals surface area contributed by atoms with E-state index in [-0.39, 0.29) is 41.6 Å². The van der Waals surface area contributed by atoms with Crippen molar-refractivity contribution in [2.75, 3.05) is 13.1 Å². The highest BCUT2D eigenvalue weighted by Gasteiger charge is 2.32. The highest BCUT2D eigenvalue weighted by molar-refractivity contribution is 5.95. The number of aromatic hydroxyl groups is 1. The summed E-state index contributed by atoms with van der Waals surface area (Å²) in [6.45, 7) is 4.88. The number of amides is 1. The fourth-order valence-corrected chi connectivity index (χ4v) is 3.39. The van der Waals surface area contributed by atoms with Gasteiger partial charge in [-0.3, -0.25) is 4.79 Å². The first-order chi connectivity index (χ1) is 11.9. The summed E-state index contributed by atoms with van der Waals surface area (Å²) in [6, 6.07) is 4.22. The lowest BCUT2D eigenvalue weighted by Gasteiger charge is -2.37. The Hall–Kier alpha value is -2.12. The van der Waals surface area contributed by atoms with Gasteiger partial charge in [0.05, 0.1) is 11.9 Å². The van der Waals surface area contributed by atoms with Gasteiger partial charge in [-0.2, -0.15) is 5.10 Å². The Bertz CT molecular complexity index is 795. The SMILES string of the molecule is Cc1cc(F)ccc1-n1cc(O)c(C(=O)N2CCC(C)CC2CN)n1.Cl. The number of nitrogens with two attached hydrogens (primary N) is 1. The Morgan fingerprint density at radius 1 is 1.46 bits per heavy atom. The molecule has 26 heavy (non-hydrogen) atoms. The van der Waals surface area contributed by atoms with Gasteiger partial charge in [-0.05, 0) is 49.4 Å². The number of halogens is 2. The number of rotatable bonds is 3. The van der Waals surface area contributed by atoms with Gasteiger partial charge in [-0.25, -0.2) is 9.07 Å². The van der Waals surface area contributed by atoms with Gasteiger partial charge in [-0.1, -0.05) is 6.92 Å². The van der Waals surface area contributed by atoms with Crippen LogP contribution in [0.25, 0.3) is 5.69 Å². The van der Waals surface area contributed by atoms with Crippen molar-refractivity contribution in [1.82, 2.24) is 14.7 Å². The molecule has 0 aliphatic carbocycles. The topological polar surface area (TPSA) is 84.4 Å². The summed E-state index contributed by atoms with van der Waals surface area (Å²) < 4.78 is 14.7. The molecule has 3 rings (SSSR count). The average molecular weight is 383 g/mol. The molecule has 8 heteroatoms. The van der Waals surface area contributed by atoms with Crippen LogP contribution in [0.1, 0.15) is 35.8 Å². The van der Waals surface area contributed by atoms with Gasteiger partial charge in [0.15, 0.2) is 11.4 Å². The molecule has 1 aromatic carbocycles. The summed E-state index contributed by atoms with van der Waals surface area (Å²) in [7, 11) is 0. The van der Waals surface area contributed by atoms with E-state index in [1.54, 1.807) is 17.9 Å². The molecule has 0 radical (unpaired) electrons. The highest BCUT2D eigenvalue weighted by atomic mass is 35.5. The number of aryl methyl sites for hydroxylation is 1. The van der Waals surface area contributed by atoms with E-state index in [0.29, 0.717) is 30.3 Å². The molecule has 2 heterocycles. The Morgan fingerprint density at radius 2 is 2.19 bits per heavy atom. The largest absolute Gasteiger partial charge is 0.504 e. The van der Waals surface area contributed by atoms with Crippen molar-refractivity contribution in [3.05, 3.63) is 41.5 Å². The monoisotopic (exact) mass is 382 g/mol. The highest BCUT2D eigenvalue weighted by Crippen LogP contribution is 2.27. The normalized spacial score (nSPS) is 19.9. The van der Waals surface area contributed by atoms with E-state index >= 15 is 0 Å². The van der Waals surface area contributed by atoms with Crippen LogP contribution in [0.5, 0.6) is 5.75 Å². The first-order valence-electron chi connectivity index (χ1n) is 8.47. The molecular formula is C18H24ClFN4O2. The summed E-state index contributed by atoms with van der Waals surface area (Å²) in [5.74, 6) is -0.339. The molecule has 1 amide bonds. The third-order valence-corrected chi connectivity index (χ3v) is 4.81. The van der Waals surface area contributed by atoms with Gasteiger partial charge in [0, 0.05) is 19.1 Å². The minimum absolute atomic E-state index is 0. The predicted octanol–water partition coefficient (Wildman–Crippen LogP) is 2.65. The van der Waals surface area contributed by atoms with E-state index in [1.807, 2.05) is 0 Å². The van der Waals surface area contributed by atoms with Crippen molar-refractivity contribution >= 4 is 18.3 Å². The molecule has 1 saturated heterocycles. The van der Waals surface area contributed by atoms with E-state index in [0.717, 1.165) is 12.8 Å². The quantitative estimate of drug-likeness (QED) is 0.854. The molecule has 0 spiro atoms. The van der Waals surface area contributed by atoms with Gasteiger partial charge in [-0.15, -0.1) is 12.4 Å². The molecule has 2 atom stereocenters. The van der Waals surface area contributed by atoms with E-state index in [1.165, 1.54) is 23.0 Å². The Kier molecular flexibility index (Phi) is 6.26. The number of likely N-dealkylation sites (tertiary alicyclic amines) is 1. The molecule has 1 aliphatic heterocycles. The molecule has 2 aromatic rings. The third kappa shape index (κ3) is 3.83. The maximum Gasteiger partial charge on any atom is 0.278 e. The van der Waals surface area contributed by atoms with Crippen LogP contribution in [0.3, 0.4) is 0 Å². The lowest BCUT2D eigenvalue weighted by molar-refractivity contribution is 0.0564. The number of nitrogens with zero attached hydrogens (tertiary/aromatic N) is 3. The maximum atomic E-state index is 13.3. The van der Waals surface area contributed by atoms with Crippen molar-refractivity contribution < 1.29 is 14.3 Å². The molecule has 0 saturated carbocycles. The number of piperidine rings is 1. The number of hydrogen-bond acceptors (Lipinski definition) is 4. The number of carbonyl (C=O) groups is 1. The van der Waals surface area contributed by atoms with E-state index in [4.69, 9.17) is 5.73 Å². The first kappa shape index (κ1) is 20.2. The second-order valence-corrected chi connectivity index (χ2v) is 6.76. The van der Waals surface area contributed by atoms with Crippen LogP contribution < -0.4 is 5.73 Å². The Labute approximate surface area is 158 Å². The maximum absolute atomic E-state index is 13.3. The van der Waals surface area contributed by atoms with Crippen LogP contribution in [0, 0.1) is 18.7 Å². The van der Waals surface area contributed by atoms with Crippen LogP contribution in [0.2, 0.25) is 0 Å². The van der Waals surface area contributed by atoms with Crippen LogP contribution in [-0.4, -0.2) is 44.8 Å². The number of aromatic nitrogens is 2. The lowest BCUT2D eigenvalue weighted by atomic mass is 9.92. The van der Waals surface area contributed by atoms with Crippen molar-refractivity contribution in [3.8, 4) is 11.4 Å². The van der Waals surface area contributed by atoms with Crippen molar-refractivity contribution in [3.63, 3.8) is 0 Å².